The molecule has 0 spiro atoms. The average Bonchev–Trinajstić information content (AvgIpc) is 3.17. The molecule has 2 aliphatic rings. The van der Waals surface area contributed by atoms with E-state index in [0.717, 1.165) is 50.7 Å². The Bertz CT molecular complexity index is 778. The van der Waals surface area contributed by atoms with Crippen LogP contribution in [0.25, 0.3) is 0 Å². The van der Waals surface area contributed by atoms with Crippen LogP contribution in [0.15, 0.2) is 11.4 Å². The smallest absolute Gasteiger partial charge is 0.239 e. The molecule has 0 aliphatic carbocycles. The number of aryl methyl sites for hydroxylation is 1. The van der Waals surface area contributed by atoms with E-state index in [4.69, 9.17) is 0 Å². The highest BCUT2D eigenvalue weighted by atomic mass is 32.1. The molecule has 1 amide bonds. The molecule has 0 N–H and O–H groups in total. The van der Waals surface area contributed by atoms with Crippen LogP contribution >= 0.6 is 11.3 Å². The zero-order valence-corrected chi connectivity index (χ0v) is 15.4. The fraction of sp³-hybridized carbons (Fsp3) is 0.556. The Labute approximate surface area is 146 Å². The van der Waals surface area contributed by atoms with Crippen LogP contribution in [0, 0.1) is 13.8 Å². The maximum atomic E-state index is 13.0. The molecule has 128 valence electrons. The highest BCUT2D eigenvalue weighted by Gasteiger charge is 2.31. The number of imidazole rings is 1. The van der Waals surface area contributed by atoms with Crippen LogP contribution in [-0.4, -0.2) is 44.4 Å². The molecule has 2 aromatic rings. The maximum absolute atomic E-state index is 13.0. The first kappa shape index (κ1) is 15.8. The van der Waals surface area contributed by atoms with E-state index in [1.165, 1.54) is 16.1 Å². The van der Waals surface area contributed by atoms with E-state index in [2.05, 4.69) is 39.7 Å². The predicted octanol–water partition coefficient (Wildman–Crippen LogP) is 2.35. The lowest BCUT2D eigenvalue weighted by Gasteiger charge is -2.36. The summed E-state index contributed by atoms with van der Waals surface area (Å²) in [5.41, 5.74) is 3.68. The fourth-order valence-electron chi connectivity index (χ4n) is 3.82. The van der Waals surface area contributed by atoms with Gasteiger partial charge < -0.3 is 9.47 Å². The average molecular weight is 344 g/mol. The SMILES string of the molecule is Cc1nc2n(c1C)CCN([C@@H](C)C(=O)N1CCc3sccc3C1)C2. The van der Waals surface area contributed by atoms with Gasteiger partial charge in [-0.3, -0.25) is 9.69 Å². The molecular formula is C18H24N4OS. The van der Waals surface area contributed by atoms with Gasteiger partial charge in [0, 0.05) is 36.8 Å². The Morgan fingerprint density at radius 2 is 2.08 bits per heavy atom. The normalized spacial score (nSPS) is 19.0. The van der Waals surface area contributed by atoms with Crippen molar-refractivity contribution >= 4 is 17.2 Å². The number of thiophene rings is 1. The molecule has 0 saturated heterocycles. The van der Waals surface area contributed by atoms with E-state index in [1.807, 2.05) is 23.2 Å². The second-order valence-electron chi connectivity index (χ2n) is 6.88. The van der Waals surface area contributed by atoms with Crippen molar-refractivity contribution in [2.24, 2.45) is 0 Å². The van der Waals surface area contributed by atoms with E-state index in [9.17, 15) is 4.79 Å². The molecule has 4 rings (SSSR count). The summed E-state index contributed by atoms with van der Waals surface area (Å²) in [7, 11) is 0. The fourth-order valence-corrected chi connectivity index (χ4v) is 4.71. The van der Waals surface area contributed by atoms with Crippen molar-refractivity contribution in [3.63, 3.8) is 0 Å². The van der Waals surface area contributed by atoms with Gasteiger partial charge in [-0.15, -0.1) is 11.3 Å². The van der Waals surface area contributed by atoms with Gasteiger partial charge in [-0.2, -0.15) is 0 Å². The van der Waals surface area contributed by atoms with Crippen molar-refractivity contribution in [2.75, 3.05) is 13.1 Å². The summed E-state index contributed by atoms with van der Waals surface area (Å²) in [5.74, 6) is 1.34. The van der Waals surface area contributed by atoms with Gasteiger partial charge in [-0.1, -0.05) is 0 Å². The van der Waals surface area contributed by atoms with Crippen molar-refractivity contribution in [1.29, 1.82) is 0 Å². The monoisotopic (exact) mass is 344 g/mol. The van der Waals surface area contributed by atoms with Crippen LogP contribution in [0.2, 0.25) is 0 Å². The molecule has 0 aromatic carbocycles. The number of nitrogens with zero attached hydrogens (tertiary/aromatic N) is 4. The second kappa shape index (κ2) is 6.01. The Morgan fingerprint density at radius 3 is 2.92 bits per heavy atom. The summed E-state index contributed by atoms with van der Waals surface area (Å²) in [6.07, 6.45) is 0.994. The number of hydrogen-bond donors (Lipinski definition) is 0. The van der Waals surface area contributed by atoms with E-state index in [0.29, 0.717) is 0 Å². The summed E-state index contributed by atoms with van der Waals surface area (Å²) in [4.78, 5) is 23.4. The van der Waals surface area contributed by atoms with E-state index in [1.54, 1.807) is 0 Å². The second-order valence-corrected chi connectivity index (χ2v) is 7.88. The zero-order chi connectivity index (χ0) is 16.8. The Morgan fingerprint density at radius 1 is 1.25 bits per heavy atom. The third-order valence-corrected chi connectivity index (χ3v) is 6.54. The van der Waals surface area contributed by atoms with Gasteiger partial charge in [0.25, 0.3) is 0 Å². The Balaban J connectivity index is 1.46. The van der Waals surface area contributed by atoms with Gasteiger partial charge in [0.05, 0.1) is 18.3 Å². The van der Waals surface area contributed by atoms with Gasteiger partial charge >= 0.3 is 0 Å². The number of hydrogen-bond acceptors (Lipinski definition) is 4. The van der Waals surface area contributed by atoms with Crippen molar-refractivity contribution in [3.05, 3.63) is 39.1 Å². The highest BCUT2D eigenvalue weighted by Crippen LogP contribution is 2.25. The van der Waals surface area contributed by atoms with Crippen LogP contribution in [0.1, 0.15) is 34.6 Å². The number of amides is 1. The van der Waals surface area contributed by atoms with Gasteiger partial charge in [0.1, 0.15) is 5.82 Å². The van der Waals surface area contributed by atoms with E-state index < -0.39 is 0 Å². The van der Waals surface area contributed by atoms with Crippen LogP contribution in [0.5, 0.6) is 0 Å². The Kier molecular flexibility index (Phi) is 3.96. The molecule has 0 radical (unpaired) electrons. The molecule has 6 heteroatoms. The molecule has 2 aliphatic heterocycles. The molecule has 0 saturated carbocycles. The highest BCUT2D eigenvalue weighted by molar-refractivity contribution is 7.10. The molecule has 0 bridgehead atoms. The van der Waals surface area contributed by atoms with Crippen LogP contribution < -0.4 is 0 Å². The molecule has 0 unspecified atom stereocenters. The third-order valence-electron chi connectivity index (χ3n) is 5.52. The summed E-state index contributed by atoms with van der Waals surface area (Å²) in [6.45, 7) is 10.4. The molecule has 0 fully saturated rings. The maximum Gasteiger partial charge on any atom is 0.239 e. The molecule has 24 heavy (non-hydrogen) atoms. The topological polar surface area (TPSA) is 41.4 Å². The predicted molar refractivity (Wildman–Crippen MR) is 95.0 cm³/mol. The van der Waals surface area contributed by atoms with Gasteiger partial charge in [0.2, 0.25) is 5.91 Å². The standard InChI is InChI=1S/C18H24N4OS/c1-12-13(2)22-8-7-20(11-17(22)19-12)14(3)18(23)21-6-4-16-15(10-21)5-9-24-16/h5,9,14H,4,6-8,10-11H2,1-3H3/t14-/m0/s1. The minimum atomic E-state index is -0.0868. The lowest BCUT2D eigenvalue weighted by molar-refractivity contribution is -0.138. The number of aromatic nitrogens is 2. The lowest BCUT2D eigenvalue weighted by Crippen LogP contribution is -2.50. The van der Waals surface area contributed by atoms with Crippen molar-refractivity contribution in [3.8, 4) is 0 Å². The number of rotatable bonds is 2. The largest absolute Gasteiger partial charge is 0.337 e. The molecule has 1 atom stereocenters. The minimum Gasteiger partial charge on any atom is -0.337 e. The zero-order valence-electron chi connectivity index (χ0n) is 14.6. The van der Waals surface area contributed by atoms with E-state index >= 15 is 0 Å². The van der Waals surface area contributed by atoms with Gasteiger partial charge in [-0.25, -0.2) is 4.98 Å². The summed E-state index contributed by atoms with van der Waals surface area (Å²) in [5, 5.41) is 2.14. The number of carbonyl (C=O) groups is 1. The molecule has 4 heterocycles. The summed E-state index contributed by atoms with van der Waals surface area (Å²) in [6, 6.07) is 2.07. The number of fused-ring (bicyclic) bond motifs is 2. The summed E-state index contributed by atoms with van der Waals surface area (Å²) < 4.78 is 2.29. The number of carbonyl (C=O) groups excluding carboxylic acids is 1. The van der Waals surface area contributed by atoms with Gasteiger partial charge in [-0.05, 0) is 44.2 Å². The van der Waals surface area contributed by atoms with Crippen LogP contribution in [0.3, 0.4) is 0 Å². The molecule has 2 aromatic heterocycles. The lowest BCUT2D eigenvalue weighted by atomic mass is 10.1. The Hall–Kier alpha value is -1.66. The van der Waals surface area contributed by atoms with Crippen LogP contribution in [0.4, 0.5) is 0 Å². The minimum absolute atomic E-state index is 0.0868. The van der Waals surface area contributed by atoms with Crippen molar-refractivity contribution < 1.29 is 4.79 Å². The van der Waals surface area contributed by atoms with Crippen molar-refractivity contribution in [1.82, 2.24) is 19.4 Å². The molecule has 5 nitrogen and oxygen atoms in total. The quantitative estimate of drug-likeness (QED) is 0.840. The third kappa shape index (κ3) is 2.58. The van der Waals surface area contributed by atoms with Crippen molar-refractivity contribution in [2.45, 2.75) is 52.9 Å². The first-order valence-corrected chi connectivity index (χ1v) is 9.53. The first-order chi connectivity index (χ1) is 11.5. The molecular weight excluding hydrogens is 320 g/mol. The van der Waals surface area contributed by atoms with Crippen LogP contribution in [-0.2, 0) is 30.8 Å². The first-order valence-electron chi connectivity index (χ1n) is 8.65. The summed E-state index contributed by atoms with van der Waals surface area (Å²) >= 11 is 1.81. The van der Waals surface area contributed by atoms with Gasteiger partial charge in [0.15, 0.2) is 0 Å². The van der Waals surface area contributed by atoms with E-state index in [-0.39, 0.29) is 11.9 Å².